The number of anilines is 1. The molecular weight excluding hydrogens is 329 g/mol. The molecule has 106 valence electrons. The van der Waals surface area contributed by atoms with Crippen LogP contribution in [0.3, 0.4) is 0 Å². The van der Waals surface area contributed by atoms with Crippen LogP contribution in [-0.4, -0.2) is 36.4 Å². The Morgan fingerprint density at radius 1 is 1.42 bits per heavy atom. The molecule has 0 aliphatic rings. The Hall–Kier alpha value is -1.12. The Morgan fingerprint density at radius 3 is 2.68 bits per heavy atom. The summed E-state index contributed by atoms with van der Waals surface area (Å²) in [6.07, 6.45) is -7.17. The van der Waals surface area contributed by atoms with Gasteiger partial charge in [-0.25, -0.2) is 0 Å². The van der Waals surface area contributed by atoms with E-state index in [4.69, 9.17) is 5.11 Å². The maximum absolute atomic E-state index is 12.0. The number of aliphatic hydroxyl groups excluding tert-OH is 1. The molecule has 0 saturated carbocycles. The fourth-order valence-corrected chi connectivity index (χ4v) is 1.61. The van der Waals surface area contributed by atoms with Gasteiger partial charge in [-0.1, -0.05) is 22.0 Å². The first-order chi connectivity index (χ1) is 8.79. The highest BCUT2D eigenvalue weighted by atomic mass is 79.9. The van der Waals surface area contributed by atoms with Crippen molar-refractivity contribution in [2.45, 2.75) is 12.3 Å². The molecule has 1 aromatic rings. The lowest BCUT2D eigenvalue weighted by molar-refractivity contribution is -0.201. The number of carbonyl (C=O) groups excluding carboxylic acids is 1. The molecular formula is C11H12BrF3N2O2. The number of aliphatic hydroxyl groups is 1. The molecule has 0 aliphatic heterocycles. The smallest absolute Gasteiger partial charge is 0.382 e. The summed E-state index contributed by atoms with van der Waals surface area (Å²) in [5.74, 6) is -0.493. The fraction of sp³-hybridized carbons (Fsp3) is 0.364. The molecule has 0 radical (unpaired) electrons. The van der Waals surface area contributed by atoms with Gasteiger partial charge in [0.2, 0.25) is 5.91 Å². The molecule has 0 bridgehead atoms. The molecule has 1 amide bonds. The van der Waals surface area contributed by atoms with Gasteiger partial charge < -0.3 is 15.7 Å². The lowest BCUT2D eigenvalue weighted by atomic mass is 10.3. The molecule has 4 nitrogen and oxygen atoms in total. The van der Waals surface area contributed by atoms with Crippen molar-refractivity contribution in [3.05, 3.63) is 28.7 Å². The van der Waals surface area contributed by atoms with E-state index in [-0.39, 0.29) is 6.54 Å². The van der Waals surface area contributed by atoms with Crippen LogP contribution in [0.1, 0.15) is 0 Å². The molecule has 1 atom stereocenters. The first kappa shape index (κ1) is 15.9. The Bertz CT molecular complexity index is 440. The van der Waals surface area contributed by atoms with E-state index < -0.39 is 24.7 Å². The highest BCUT2D eigenvalue weighted by Crippen LogP contribution is 2.19. The normalized spacial score (nSPS) is 13.1. The third kappa shape index (κ3) is 6.04. The number of benzene rings is 1. The van der Waals surface area contributed by atoms with Gasteiger partial charge in [0.1, 0.15) is 0 Å². The average molecular weight is 341 g/mol. The van der Waals surface area contributed by atoms with Crippen LogP contribution in [0, 0.1) is 0 Å². The van der Waals surface area contributed by atoms with E-state index in [1.54, 1.807) is 24.3 Å². The minimum Gasteiger partial charge on any atom is -0.382 e. The molecule has 0 aromatic heterocycles. The quantitative estimate of drug-likeness (QED) is 0.767. The van der Waals surface area contributed by atoms with Crippen molar-refractivity contribution in [1.82, 2.24) is 5.32 Å². The van der Waals surface area contributed by atoms with Crippen LogP contribution in [0.5, 0.6) is 0 Å². The molecule has 0 saturated heterocycles. The van der Waals surface area contributed by atoms with E-state index in [0.717, 1.165) is 4.47 Å². The average Bonchev–Trinajstić information content (AvgIpc) is 2.27. The summed E-state index contributed by atoms with van der Waals surface area (Å²) in [6, 6.07) is 6.78. The van der Waals surface area contributed by atoms with E-state index in [0.29, 0.717) is 5.69 Å². The van der Waals surface area contributed by atoms with Crippen LogP contribution in [0.25, 0.3) is 0 Å². The van der Waals surface area contributed by atoms with Gasteiger partial charge in [0.05, 0.1) is 6.54 Å². The largest absolute Gasteiger partial charge is 0.415 e. The first-order valence-corrected chi connectivity index (χ1v) is 6.09. The van der Waals surface area contributed by atoms with Crippen molar-refractivity contribution in [2.75, 3.05) is 18.4 Å². The fourth-order valence-electron chi connectivity index (χ4n) is 1.21. The summed E-state index contributed by atoms with van der Waals surface area (Å²) in [7, 11) is 0. The number of hydrogen-bond acceptors (Lipinski definition) is 3. The SMILES string of the molecule is O=C(CNCC(O)C(F)(F)F)Nc1cccc(Br)c1. The van der Waals surface area contributed by atoms with Gasteiger partial charge >= 0.3 is 6.18 Å². The van der Waals surface area contributed by atoms with E-state index in [1.807, 2.05) is 0 Å². The molecule has 0 heterocycles. The Labute approximate surface area is 116 Å². The number of alkyl halides is 3. The molecule has 1 rings (SSSR count). The molecule has 1 unspecified atom stereocenters. The van der Waals surface area contributed by atoms with Gasteiger partial charge in [-0.2, -0.15) is 13.2 Å². The monoisotopic (exact) mass is 340 g/mol. The predicted molar refractivity (Wildman–Crippen MR) is 67.7 cm³/mol. The van der Waals surface area contributed by atoms with Crippen LogP contribution < -0.4 is 10.6 Å². The van der Waals surface area contributed by atoms with Crippen LogP contribution in [0.2, 0.25) is 0 Å². The number of carbonyl (C=O) groups is 1. The summed E-state index contributed by atoms with van der Waals surface area (Å²) in [4.78, 5) is 11.4. The molecule has 1 aromatic carbocycles. The van der Waals surface area contributed by atoms with Gasteiger partial charge in [-0.05, 0) is 18.2 Å². The molecule has 0 fully saturated rings. The van der Waals surface area contributed by atoms with E-state index in [1.165, 1.54) is 0 Å². The number of nitrogens with one attached hydrogen (secondary N) is 2. The van der Waals surface area contributed by atoms with Crippen molar-refractivity contribution in [2.24, 2.45) is 0 Å². The second-order valence-corrected chi connectivity index (χ2v) is 4.66. The zero-order chi connectivity index (χ0) is 14.5. The predicted octanol–water partition coefficient (Wildman–Crippen LogP) is 1.90. The third-order valence-corrected chi connectivity index (χ3v) is 2.60. The van der Waals surface area contributed by atoms with Crippen LogP contribution in [0.15, 0.2) is 28.7 Å². The summed E-state index contributed by atoms with van der Waals surface area (Å²) in [5, 5.41) is 13.4. The minimum absolute atomic E-state index is 0.320. The van der Waals surface area contributed by atoms with Crippen molar-refractivity contribution < 1.29 is 23.1 Å². The zero-order valence-electron chi connectivity index (χ0n) is 9.67. The van der Waals surface area contributed by atoms with Gasteiger partial charge in [0.15, 0.2) is 6.10 Å². The summed E-state index contributed by atoms with van der Waals surface area (Å²) >= 11 is 3.22. The number of hydrogen-bond donors (Lipinski definition) is 3. The molecule has 0 aliphatic carbocycles. The van der Waals surface area contributed by atoms with Crippen LogP contribution in [0.4, 0.5) is 18.9 Å². The summed E-state index contributed by atoms with van der Waals surface area (Å²) in [6.45, 7) is -1.05. The second-order valence-electron chi connectivity index (χ2n) is 3.75. The maximum atomic E-state index is 12.0. The highest BCUT2D eigenvalue weighted by molar-refractivity contribution is 9.10. The molecule has 3 N–H and O–H groups in total. The lowest BCUT2D eigenvalue weighted by Crippen LogP contribution is -2.41. The maximum Gasteiger partial charge on any atom is 0.415 e. The summed E-state index contributed by atoms with van der Waals surface area (Å²) in [5.41, 5.74) is 0.526. The van der Waals surface area contributed by atoms with E-state index in [9.17, 15) is 18.0 Å². The standard InChI is InChI=1S/C11H12BrF3N2O2/c12-7-2-1-3-8(4-7)17-10(19)6-16-5-9(18)11(13,14)15/h1-4,9,16,18H,5-6H2,(H,17,19). The van der Waals surface area contributed by atoms with Crippen LogP contribution >= 0.6 is 15.9 Å². The minimum atomic E-state index is -4.69. The number of rotatable bonds is 5. The topological polar surface area (TPSA) is 61.4 Å². The third-order valence-electron chi connectivity index (χ3n) is 2.11. The lowest BCUT2D eigenvalue weighted by Gasteiger charge is -2.14. The van der Waals surface area contributed by atoms with E-state index >= 15 is 0 Å². The van der Waals surface area contributed by atoms with Crippen molar-refractivity contribution >= 4 is 27.5 Å². The number of halogens is 4. The van der Waals surface area contributed by atoms with Gasteiger partial charge in [-0.3, -0.25) is 4.79 Å². The molecule has 8 heteroatoms. The van der Waals surface area contributed by atoms with Gasteiger partial charge in [-0.15, -0.1) is 0 Å². The summed E-state index contributed by atoms with van der Waals surface area (Å²) < 4.78 is 36.7. The van der Waals surface area contributed by atoms with Gasteiger partial charge in [0.25, 0.3) is 0 Å². The van der Waals surface area contributed by atoms with E-state index in [2.05, 4.69) is 26.6 Å². The second kappa shape index (κ2) is 6.88. The number of amides is 1. The Balaban J connectivity index is 2.33. The molecule has 0 spiro atoms. The Morgan fingerprint density at radius 2 is 2.11 bits per heavy atom. The molecule has 19 heavy (non-hydrogen) atoms. The highest BCUT2D eigenvalue weighted by Gasteiger charge is 2.37. The zero-order valence-corrected chi connectivity index (χ0v) is 11.3. The van der Waals surface area contributed by atoms with Crippen molar-refractivity contribution in [3.63, 3.8) is 0 Å². The van der Waals surface area contributed by atoms with Crippen LogP contribution in [-0.2, 0) is 4.79 Å². The first-order valence-electron chi connectivity index (χ1n) is 5.30. The van der Waals surface area contributed by atoms with Gasteiger partial charge in [0, 0.05) is 16.7 Å². The van der Waals surface area contributed by atoms with Crippen molar-refractivity contribution in [3.8, 4) is 0 Å². The Kier molecular flexibility index (Phi) is 5.77. The van der Waals surface area contributed by atoms with Crippen molar-refractivity contribution in [1.29, 1.82) is 0 Å².